The molecule has 1 atom stereocenters. The van der Waals surface area contributed by atoms with E-state index in [1.54, 1.807) is 6.07 Å². The van der Waals surface area contributed by atoms with Crippen LogP contribution in [-0.2, 0) is 11.0 Å². The number of benzene rings is 1. The first kappa shape index (κ1) is 39.9. The molecule has 0 fully saturated rings. The quantitative estimate of drug-likeness (QED) is 0.404. The van der Waals surface area contributed by atoms with Crippen LogP contribution < -0.4 is 109 Å². The van der Waals surface area contributed by atoms with Crippen molar-refractivity contribution in [3.63, 3.8) is 0 Å². The molecule has 0 bridgehead atoms. The van der Waals surface area contributed by atoms with E-state index in [-0.39, 0.29) is 101 Å². The van der Waals surface area contributed by atoms with Crippen LogP contribution in [0.5, 0.6) is 0 Å². The van der Waals surface area contributed by atoms with Crippen LogP contribution in [0.15, 0.2) is 30.3 Å². The van der Waals surface area contributed by atoms with Crippen molar-refractivity contribution in [3.05, 3.63) is 35.9 Å². The summed E-state index contributed by atoms with van der Waals surface area (Å²) in [5.41, 5.74) is 1.40. The molecular formula is C12H19ClN2Na3O4P. The first-order valence-corrected chi connectivity index (χ1v) is 6.95. The minimum atomic E-state index is -5.39. The fraction of sp³-hybridized carbons (Fsp3) is 0.417. The van der Waals surface area contributed by atoms with Gasteiger partial charge >= 0.3 is 88.7 Å². The molecule has 0 heterocycles. The molecule has 1 aromatic carbocycles. The van der Waals surface area contributed by atoms with Crippen LogP contribution in [0.3, 0.4) is 0 Å². The van der Waals surface area contributed by atoms with Crippen LogP contribution >= 0.6 is 20.2 Å². The third-order valence-electron chi connectivity index (χ3n) is 1.88. The Hall–Kier alpha value is 2.07. The van der Waals surface area contributed by atoms with E-state index >= 15 is 0 Å². The van der Waals surface area contributed by atoms with Crippen molar-refractivity contribution in [2.24, 2.45) is 0 Å². The van der Waals surface area contributed by atoms with E-state index < -0.39 is 7.82 Å². The maximum Gasteiger partial charge on any atom is 1.00 e. The third kappa shape index (κ3) is 45.4. The molecule has 0 aromatic heterocycles. The average molecular weight is 391 g/mol. The Morgan fingerprint density at radius 2 is 1.48 bits per heavy atom. The zero-order chi connectivity index (χ0) is 15.3. The van der Waals surface area contributed by atoms with Gasteiger partial charge in [-0.05, 0) is 26.0 Å². The first-order valence-electron chi connectivity index (χ1n) is 5.49. The summed E-state index contributed by atoms with van der Waals surface area (Å²) < 4.78 is 8.55. The van der Waals surface area contributed by atoms with Crippen LogP contribution in [0, 0.1) is 11.3 Å². The molecule has 0 saturated heterocycles. The summed E-state index contributed by atoms with van der Waals surface area (Å²) in [4.78, 5) is 25.6. The molecule has 0 unspecified atom stereocenters. The third-order valence-corrected chi connectivity index (χ3v) is 1.88. The number of rotatable bonds is 3. The maximum atomic E-state index is 8.55. The minimum Gasteiger partial charge on any atom is -0.822 e. The van der Waals surface area contributed by atoms with E-state index in [0.717, 1.165) is 6.42 Å². The number of halogens is 1. The van der Waals surface area contributed by atoms with Gasteiger partial charge in [0, 0.05) is 13.0 Å². The van der Waals surface area contributed by atoms with Crippen LogP contribution in [0.2, 0.25) is 0 Å². The van der Waals surface area contributed by atoms with Gasteiger partial charge in [0.1, 0.15) is 0 Å². The fourth-order valence-electron chi connectivity index (χ4n) is 1.07. The second kappa shape index (κ2) is 26.3. The van der Waals surface area contributed by atoms with Crippen molar-refractivity contribution in [2.45, 2.75) is 26.3 Å². The summed E-state index contributed by atoms with van der Waals surface area (Å²) in [5.74, 6) is 0. The molecule has 1 aromatic rings. The van der Waals surface area contributed by atoms with E-state index in [1.165, 1.54) is 12.5 Å². The SMILES string of the molecule is CC#N.CN[C@@H](C)Cc1ccccc1.Cl.O=P([O-])([O-])[O-].[Na+].[Na+].[Na+]. The Bertz CT molecular complexity index is 410. The topological polar surface area (TPSA) is 122 Å². The van der Waals surface area contributed by atoms with Gasteiger partial charge in [-0.3, -0.25) is 0 Å². The fourth-order valence-corrected chi connectivity index (χ4v) is 1.07. The number of hydrogen-bond acceptors (Lipinski definition) is 6. The second-order valence-corrected chi connectivity index (χ2v) is 4.44. The molecule has 23 heavy (non-hydrogen) atoms. The van der Waals surface area contributed by atoms with Gasteiger partial charge in [0.15, 0.2) is 0 Å². The van der Waals surface area contributed by atoms with Crippen LogP contribution in [0.25, 0.3) is 0 Å². The Balaban J connectivity index is -0.0000000527. The standard InChI is InChI=1S/C10H15N.C2H3N.ClH.3Na.H3O4P/c1-9(11-2)8-10-6-4-3-5-7-10;1-2-3;;;;;1-5(2,3)4/h3-7,9,11H,8H2,1-2H3;1H3;1H;;;;(H3,1,2,3,4)/q;;;3*+1;/p-3/t9-;;;;;;/m0....../s1. The van der Waals surface area contributed by atoms with Crippen molar-refractivity contribution >= 4 is 20.2 Å². The number of nitrogens with zero attached hydrogens (tertiary/aromatic N) is 1. The smallest absolute Gasteiger partial charge is 0.822 e. The Morgan fingerprint density at radius 3 is 1.74 bits per heavy atom. The minimum absolute atomic E-state index is 0. The van der Waals surface area contributed by atoms with Gasteiger partial charge in [0.05, 0.1) is 6.07 Å². The summed E-state index contributed by atoms with van der Waals surface area (Å²) in [6, 6.07) is 12.8. The summed E-state index contributed by atoms with van der Waals surface area (Å²) in [5, 5.41) is 10.5. The van der Waals surface area contributed by atoms with Gasteiger partial charge in [-0.2, -0.15) is 13.1 Å². The number of hydrogen-bond donors (Lipinski definition) is 1. The van der Waals surface area contributed by atoms with Crippen molar-refractivity contribution in [1.29, 1.82) is 5.26 Å². The molecule has 0 aliphatic carbocycles. The first-order chi connectivity index (χ1) is 8.74. The van der Waals surface area contributed by atoms with Crippen molar-refractivity contribution in [2.75, 3.05) is 7.05 Å². The zero-order valence-electron chi connectivity index (χ0n) is 14.6. The second-order valence-electron chi connectivity index (χ2n) is 3.55. The summed E-state index contributed by atoms with van der Waals surface area (Å²) >= 11 is 0. The Labute approximate surface area is 211 Å². The molecule has 0 amide bonds. The molecule has 0 spiro atoms. The predicted molar refractivity (Wildman–Crippen MR) is 74.8 cm³/mol. The summed E-state index contributed by atoms with van der Waals surface area (Å²) in [6.07, 6.45) is 1.11. The summed E-state index contributed by atoms with van der Waals surface area (Å²) in [6.45, 7) is 3.62. The number of nitriles is 1. The summed E-state index contributed by atoms with van der Waals surface area (Å²) in [7, 11) is -3.40. The molecule has 11 heteroatoms. The molecule has 0 aliphatic rings. The van der Waals surface area contributed by atoms with Crippen LogP contribution in [-0.4, -0.2) is 13.1 Å². The molecule has 0 aliphatic heterocycles. The predicted octanol–water partition coefficient (Wildman–Crippen LogP) is -9.02. The van der Waals surface area contributed by atoms with Crippen molar-refractivity contribution in [1.82, 2.24) is 5.32 Å². The molecular weight excluding hydrogens is 372 g/mol. The Morgan fingerprint density at radius 1 is 1.17 bits per heavy atom. The molecule has 0 radical (unpaired) electrons. The molecule has 1 rings (SSSR count). The number of likely N-dealkylation sites (N-methyl/N-ethyl adjacent to an activating group) is 1. The van der Waals surface area contributed by atoms with E-state index in [0.29, 0.717) is 6.04 Å². The van der Waals surface area contributed by atoms with Gasteiger partial charge in [-0.1, -0.05) is 30.3 Å². The van der Waals surface area contributed by atoms with Gasteiger partial charge in [-0.25, -0.2) is 0 Å². The van der Waals surface area contributed by atoms with E-state index in [4.69, 9.17) is 24.5 Å². The molecule has 116 valence electrons. The van der Waals surface area contributed by atoms with Gasteiger partial charge in [0.2, 0.25) is 0 Å². The molecule has 0 saturated carbocycles. The van der Waals surface area contributed by atoms with E-state index in [1.807, 2.05) is 13.1 Å². The van der Waals surface area contributed by atoms with Crippen molar-refractivity contribution < 1.29 is 108 Å². The zero-order valence-corrected chi connectivity index (χ0v) is 22.3. The van der Waals surface area contributed by atoms with Gasteiger partial charge < -0.3 is 24.6 Å². The molecule has 6 nitrogen and oxygen atoms in total. The normalized spacial score (nSPS) is 9.09. The van der Waals surface area contributed by atoms with Gasteiger partial charge in [0.25, 0.3) is 0 Å². The maximum absolute atomic E-state index is 8.55. The Kier molecular flexibility index (Phi) is 45.7. The van der Waals surface area contributed by atoms with Gasteiger partial charge in [-0.15, -0.1) is 12.4 Å². The number of phosphoric acid groups is 1. The number of nitrogens with one attached hydrogen (secondary N) is 1. The monoisotopic (exact) mass is 390 g/mol. The largest absolute Gasteiger partial charge is 1.00 e. The van der Waals surface area contributed by atoms with Crippen LogP contribution in [0.4, 0.5) is 0 Å². The van der Waals surface area contributed by atoms with E-state index in [2.05, 4.69) is 36.5 Å². The van der Waals surface area contributed by atoms with Crippen LogP contribution in [0.1, 0.15) is 19.4 Å². The average Bonchev–Trinajstić information content (AvgIpc) is 2.29. The molecule has 1 N–H and O–H groups in total. The van der Waals surface area contributed by atoms with E-state index in [9.17, 15) is 0 Å². The van der Waals surface area contributed by atoms with Crippen molar-refractivity contribution in [3.8, 4) is 6.07 Å².